The first kappa shape index (κ1) is 18.1. The molecular weight excluding hydrogens is 361 g/mol. The summed E-state index contributed by atoms with van der Waals surface area (Å²) in [5.74, 6) is 0.647. The van der Waals surface area contributed by atoms with Gasteiger partial charge < -0.3 is 9.64 Å². The molecule has 1 aliphatic rings. The molecular formula is C20H20FN5O2. The Morgan fingerprint density at radius 1 is 1.25 bits per heavy atom. The number of ether oxygens (including phenoxy) is 1. The number of benzene rings is 2. The highest BCUT2D eigenvalue weighted by Crippen LogP contribution is 2.29. The molecule has 0 bridgehead atoms. The van der Waals surface area contributed by atoms with E-state index in [1.165, 1.54) is 10.9 Å². The van der Waals surface area contributed by atoms with Crippen LogP contribution < -0.4 is 4.74 Å². The molecule has 0 atom stereocenters. The van der Waals surface area contributed by atoms with Crippen LogP contribution in [0.5, 0.6) is 5.75 Å². The number of hydrogen-bond donors (Lipinski definition) is 0. The molecule has 7 nitrogen and oxygen atoms in total. The van der Waals surface area contributed by atoms with Gasteiger partial charge in [0.05, 0.1) is 7.11 Å². The topological polar surface area (TPSA) is 73.1 Å². The van der Waals surface area contributed by atoms with E-state index >= 15 is 0 Å². The summed E-state index contributed by atoms with van der Waals surface area (Å²) in [6, 6.07) is 14.0. The fourth-order valence-corrected chi connectivity index (χ4v) is 3.02. The molecule has 1 aliphatic carbocycles. The Bertz CT molecular complexity index is 986. The lowest BCUT2D eigenvalue weighted by molar-refractivity contribution is -0.133. The Morgan fingerprint density at radius 2 is 2.07 bits per heavy atom. The van der Waals surface area contributed by atoms with Crippen LogP contribution in [0.1, 0.15) is 18.4 Å². The number of halogens is 1. The van der Waals surface area contributed by atoms with Crippen molar-refractivity contribution in [3.63, 3.8) is 0 Å². The van der Waals surface area contributed by atoms with E-state index in [0.717, 1.165) is 18.4 Å². The summed E-state index contributed by atoms with van der Waals surface area (Å²) in [5, 5.41) is 12.3. The fourth-order valence-electron chi connectivity index (χ4n) is 3.02. The zero-order valence-corrected chi connectivity index (χ0v) is 15.5. The minimum absolute atomic E-state index is 0.0398. The average molecular weight is 381 g/mol. The molecule has 144 valence electrons. The monoisotopic (exact) mass is 381 g/mol. The van der Waals surface area contributed by atoms with Crippen molar-refractivity contribution < 1.29 is 13.9 Å². The van der Waals surface area contributed by atoms with Gasteiger partial charge in [0.1, 0.15) is 18.1 Å². The Balaban J connectivity index is 1.48. The highest BCUT2D eigenvalue weighted by molar-refractivity contribution is 5.76. The van der Waals surface area contributed by atoms with Crippen molar-refractivity contribution >= 4 is 5.91 Å². The standard InChI is InChI=1S/C20H20FN5O2/c1-28-17-7-4-6-14(11-17)20-22-24-26(23-20)13-19(27)25(16-9-10-16)12-15-5-2-3-8-18(15)21/h2-8,11,16H,9-10,12-13H2,1H3. The molecule has 4 rings (SSSR count). The lowest BCUT2D eigenvalue weighted by Gasteiger charge is -2.22. The number of tetrazole rings is 1. The van der Waals surface area contributed by atoms with Gasteiger partial charge in [0.2, 0.25) is 11.7 Å². The Labute approximate surface area is 161 Å². The van der Waals surface area contributed by atoms with Crippen molar-refractivity contribution in [3.05, 3.63) is 59.9 Å². The summed E-state index contributed by atoms with van der Waals surface area (Å²) in [6.45, 7) is 0.204. The van der Waals surface area contributed by atoms with Gasteiger partial charge in [-0.25, -0.2) is 4.39 Å². The Morgan fingerprint density at radius 3 is 2.82 bits per heavy atom. The van der Waals surface area contributed by atoms with Crippen LogP contribution in [0.15, 0.2) is 48.5 Å². The number of carbonyl (C=O) groups is 1. The second-order valence-corrected chi connectivity index (χ2v) is 6.72. The molecule has 1 amide bonds. The second-order valence-electron chi connectivity index (χ2n) is 6.72. The van der Waals surface area contributed by atoms with Crippen LogP contribution in [0.4, 0.5) is 4.39 Å². The second kappa shape index (κ2) is 7.75. The Hall–Kier alpha value is -3.29. The maximum absolute atomic E-state index is 14.0. The minimum Gasteiger partial charge on any atom is -0.497 e. The van der Waals surface area contributed by atoms with E-state index in [9.17, 15) is 9.18 Å². The van der Waals surface area contributed by atoms with Gasteiger partial charge in [0.25, 0.3) is 0 Å². The summed E-state index contributed by atoms with van der Waals surface area (Å²) < 4.78 is 19.2. The molecule has 0 aliphatic heterocycles. The van der Waals surface area contributed by atoms with Gasteiger partial charge in [-0.15, -0.1) is 10.2 Å². The lowest BCUT2D eigenvalue weighted by Crippen LogP contribution is -2.36. The normalized spacial score (nSPS) is 13.4. The van der Waals surface area contributed by atoms with Crippen LogP contribution in [0.3, 0.4) is 0 Å². The van der Waals surface area contributed by atoms with E-state index in [1.54, 1.807) is 36.3 Å². The maximum atomic E-state index is 14.0. The molecule has 1 fully saturated rings. The smallest absolute Gasteiger partial charge is 0.246 e. The highest BCUT2D eigenvalue weighted by Gasteiger charge is 2.33. The number of amides is 1. The van der Waals surface area contributed by atoms with Crippen LogP contribution in [-0.2, 0) is 17.9 Å². The molecule has 28 heavy (non-hydrogen) atoms. The molecule has 0 radical (unpaired) electrons. The van der Waals surface area contributed by atoms with Crippen LogP contribution in [0, 0.1) is 5.82 Å². The number of aromatic nitrogens is 4. The van der Waals surface area contributed by atoms with Gasteiger partial charge in [-0.3, -0.25) is 4.79 Å². The summed E-state index contributed by atoms with van der Waals surface area (Å²) in [7, 11) is 1.59. The van der Waals surface area contributed by atoms with E-state index in [0.29, 0.717) is 17.1 Å². The van der Waals surface area contributed by atoms with Crippen molar-refractivity contribution in [1.29, 1.82) is 0 Å². The third kappa shape index (κ3) is 4.00. The van der Waals surface area contributed by atoms with Crippen molar-refractivity contribution in [2.45, 2.75) is 32.0 Å². The molecule has 0 saturated heterocycles. The molecule has 8 heteroatoms. The third-order valence-electron chi connectivity index (χ3n) is 4.66. The number of hydrogen-bond acceptors (Lipinski definition) is 5. The molecule has 2 aromatic carbocycles. The predicted molar refractivity (Wildman–Crippen MR) is 99.8 cm³/mol. The molecule has 1 heterocycles. The van der Waals surface area contributed by atoms with E-state index < -0.39 is 0 Å². The van der Waals surface area contributed by atoms with Gasteiger partial charge >= 0.3 is 0 Å². The minimum atomic E-state index is -0.305. The van der Waals surface area contributed by atoms with Crippen LogP contribution in [0.25, 0.3) is 11.4 Å². The summed E-state index contributed by atoms with van der Waals surface area (Å²) >= 11 is 0. The van der Waals surface area contributed by atoms with E-state index in [1.807, 2.05) is 18.2 Å². The fraction of sp³-hybridized carbons (Fsp3) is 0.300. The van der Waals surface area contributed by atoms with Gasteiger partial charge in [-0.1, -0.05) is 30.3 Å². The van der Waals surface area contributed by atoms with E-state index in [-0.39, 0.29) is 30.9 Å². The SMILES string of the molecule is COc1cccc(-c2nnn(CC(=O)N(Cc3ccccc3F)C3CC3)n2)c1. The average Bonchev–Trinajstić information content (AvgIpc) is 3.45. The zero-order chi connectivity index (χ0) is 19.5. The number of methoxy groups -OCH3 is 1. The lowest BCUT2D eigenvalue weighted by atomic mass is 10.2. The molecule has 1 saturated carbocycles. The van der Waals surface area contributed by atoms with Crippen molar-refractivity contribution in [1.82, 2.24) is 25.1 Å². The molecule has 0 spiro atoms. The molecule has 0 N–H and O–H groups in total. The van der Waals surface area contributed by atoms with Gasteiger partial charge in [0, 0.05) is 23.7 Å². The third-order valence-corrected chi connectivity index (χ3v) is 4.66. The summed E-state index contributed by atoms with van der Waals surface area (Å²) in [5.41, 5.74) is 1.26. The van der Waals surface area contributed by atoms with Crippen molar-refractivity contribution in [2.75, 3.05) is 7.11 Å². The number of carbonyl (C=O) groups excluding carboxylic acids is 1. The number of rotatable bonds is 7. The van der Waals surface area contributed by atoms with Gasteiger partial charge in [0.15, 0.2) is 0 Å². The highest BCUT2D eigenvalue weighted by atomic mass is 19.1. The number of nitrogens with zero attached hydrogens (tertiary/aromatic N) is 5. The maximum Gasteiger partial charge on any atom is 0.246 e. The Kier molecular flexibility index (Phi) is 5.01. The first-order valence-corrected chi connectivity index (χ1v) is 9.09. The predicted octanol–water partition coefficient (Wildman–Crippen LogP) is 2.68. The van der Waals surface area contributed by atoms with Crippen LogP contribution in [0.2, 0.25) is 0 Å². The van der Waals surface area contributed by atoms with E-state index in [4.69, 9.17) is 4.74 Å². The van der Waals surface area contributed by atoms with Gasteiger partial charge in [-0.05, 0) is 36.3 Å². The quantitative estimate of drug-likeness (QED) is 0.629. The van der Waals surface area contributed by atoms with Crippen LogP contribution >= 0.6 is 0 Å². The molecule has 1 aromatic heterocycles. The zero-order valence-electron chi connectivity index (χ0n) is 15.5. The van der Waals surface area contributed by atoms with E-state index in [2.05, 4.69) is 15.4 Å². The van der Waals surface area contributed by atoms with Crippen LogP contribution in [-0.4, -0.2) is 44.2 Å². The largest absolute Gasteiger partial charge is 0.497 e. The van der Waals surface area contributed by atoms with Gasteiger partial charge in [-0.2, -0.15) is 4.80 Å². The van der Waals surface area contributed by atoms with Crippen molar-refractivity contribution in [2.24, 2.45) is 0 Å². The van der Waals surface area contributed by atoms with Crippen molar-refractivity contribution in [3.8, 4) is 17.1 Å². The first-order chi connectivity index (χ1) is 13.6. The first-order valence-electron chi connectivity index (χ1n) is 9.09. The molecule has 0 unspecified atom stereocenters. The summed E-state index contributed by atoms with van der Waals surface area (Å²) in [4.78, 5) is 15.8. The molecule has 3 aromatic rings. The summed E-state index contributed by atoms with van der Waals surface area (Å²) in [6.07, 6.45) is 1.86.